The molecule has 2 rings (SSSR count). The summed E-state index contributed by atoms with van der Waals surface area (Å²) >= 11 is 4.99. The first kappa shape index (κ1) is 13.2. The van der Waals surface area contributed by atoms with Crippen LogP contribution in [0, 0.1) is 6.92 Å². The van der Waals surface area contributed by atoms with Crippen LogP contribution < -0.4 is 0 Å². The van der Waals surface area contributed by atoms with Crippen molar-refractivity contribution < 1.29 is 9.53 Å². The lowest BCUT2D eigenvalue weighted by Crippen LogP contribution is -2.04. The van der Waals surface area contributed by atoms with E-state index in [1.165, 1.54) is 18.4 Å². The van der Waals surface area contributed by atoms with Crippen LogP contribution in [0.1, 0.15) is 11.3 Å². The Hall–Kier alpha value is -1.20. The maximum absolute atomic E-state index is 11.2. The largest absolute Gasteiger partial charge is 0.469 e. The number of benzene rings is 1. The second-order valence-corrected chi connectivity index (χ2v) is 5.63. The summed E-state index contributed by atoms with van der Waals surface area (Å²) in [5.74, 6) is -0.266. The summed E-state index contributed by atoms with van der Waals surface area (Å²) in [6, 6.07) is 6.08. The van der Waals surface area contributed by atoms with Gasteiger partial charge < -0.3 is 4.74 Å². The van der Waals surface area contributed by atoms with Gasteiger partial charge in [0.2, 0.25) is 0 Å². The monoisotopic (exact) mass is 325 g/mol. The van der Waals surface area contributed by atoms with E-state index in [0.717, 1.165) is 26.3 Å². The molecule has 0 fully saturated rings. The Bertz CT molecular complexity index is 580. The van der Waals surface area contributed by atoms with E-state index in [1.807, 2.05) is 30.5 Å². The summed E-state index contributed by atoms with van der Waals surface area (Å²) in [6.45, 7) is 2.04. The van der Waals surface area contributed by atoms with E-state index in [1.54, 1.807) is 0 Å². The number of thiazole rings is 1. The molecular weight excluding hydrogens is 314 g/mol. The molecule has 0 N–H and O–H groups in total. The minimum Gasteiger partial charge on any atom is -0.469 e. The van der Waals surface area contributed by atoms with Crippen molar-refractivity contribution in [3.05, 3.63) is 39.3 Å². The predicted octanol–water partition coefficient (Wildman–Crippen LogP) is 3.60. The fourth-order valence-electron chi connectivity index (χ4n) is 1.56. The number of hydrogen-bond donors (Lipinski definition) is 0. The number of aryl methyl sites for hydroxylation is 1. The molecule has 0 bridgehead atoms. The molecule has 18 heavy (non-hydrogen) atoms. The number of methoxy groups -OCH3 is 1. The Morgan fingerprint density at radius 3 is 3.00 bits per heavy atom. The average molecular weight is 326 g/mol. The van der Waals surface area contributed by atoms with Crippen molar-refractivity contribution >= 4 is 33.2 Å². The van der Waals surface area contributed by atoms with Gasteiger partial charge in [0.05, 0.1) is 19.2 Å². The van der Waals surface area contributed by atoms with Crippen LogP contribution in [0.3, 0.4) is 0 Å². The first-order valence-electron chi connectivity index (χ1n) is 5.38. The maximum Gasteiger partial charge on any atom is 0.311 e. The van der Waals surface area contributed by atoms with Crippen molar-refractivity contribution in [2.75, 3.05) is 7.11 Å². The smallest absolute Gasteiger partial charge is 0.311 e. The van der Waals surface area contributed by atoms with E-state index >= 15 is 0 Å². The number of ether oxygens (including phenoxy) is 1. The molecule has 0 unspecified atom stereocenters. The fraction of sp³-hybridized carbons (Fsp3) is 0.231. The zero-order valence-corrected chi connectivity index (χ0v) is 12.5. The number of esters is 1. The number of nitrogens with zero attached hydrogens (tertiary/aromatic N) is 1. The molecule has 0 spiro atoms. The minimum absolute atomic E-state index is 0.222. The molecule has 0 saturated heterocycles. The van der Waals surface area contributed by atoms with Crippen LogP contribution in [0.4, 0.5) is 0 Å². The molecule has 0 atom stereocenters. The molecule has 94 valence electrons. The van der Waals surface area contributed by atoms with E-state index in [4.69, 9.17) is 0 Å². The highest BCUT2D eigenvalue weighted by atomic mass is 79.9. The van der Waals surface area contributed by atoms with Crippen molar-refractivity contribution in [3.8, 4) is 10.6 Å². The molecule has 2 aromatic rings. The zero-order valence-electron chi connectivity index (χ0n) is 10.1. The number of hydrogen-bond acceptors (Lipinski definition) is 4. The number of rotatable bonds is 3. The Morgan fingerprint density at radius 1 is 1.50 bits per heavy atom. The van der Waals surface area contributed by atoms with Gasteiger partial charge in [0.25, 0.3) is 0 Å². The highest BCUT2D eigenvalue weighted by Crippen LogP contribution is 2.29. The standard InChI is InChI=1S/C13H12BrNO2S/c1-8-3-4-9(14)5-11(8)13-15-10(7-18-13)6-12(16)17-2/h3-5,7H,6H2,1-2H3. The van der Waals surface area contributed by atoms with Crippen LogP contribution in [0.5, 0.6) is 0 Å². The first-order chi connectivity index (χ1) is 8.60. The molecule has 0 amide bonds. The first-order valence-corrected chi connectivity index (χ1v) is 7.05. The molecule has 0 saturated carbocycles. The van der Waals surface area contributed by atoms with Gasteiger partial charge in [-0.3, -0.25) is 4.79 Å². The van der Waals surface area contributed by atoms with Crippen LogP contribution in [0.15, 0.2) is 28.1 Å². The summed E-state index contributed by atoms with van der Waals surface area (Å²) < 4.78 is 5.65. The number of carbonyl (C=O) groups is 1. The Kier molecular flexibility index (Phi) is 4.14. The van der Waals surface area contributed by atoms with Crippen molar-refractivity contribution in [2.45, 2.75) is 13.3 Å². The van der Waals surface area contributed by atoms with Gasteiger partial charge in [-0.1, -0.05) is 22.0 Å². The van der Waals surface area contributed by atoms with Crippen LogP contribution in [-0.4, -0.2) is 18.1 Å². The zero-order chi connectivity index (χ0) is 13.1. The van der Waals surface area contributed by atoms with Gasteiger partial charge in [0.15, 0.2) is 0 Å². The van der Waals surface area contributed by atoms with E-state index in [0.29, 0.717) is 0 Å². The quantitative estimate of drug-likeness (QED) is 0.809. The SMILES string of the molecule is COC(=O)Cc1csc(-c2cc(Br)ccc2C)n1. The molecule has 0 aliphatic carbocycles. The van der Waals surface area contributed by atoms with E-state index in [-0.39, 0.29) is 12.4 Å². The van der Waals surface area contributed by atoms with E-state index in [2.05, 4.69) is 25.7 Å². The second-order valence-electron chi connectivity index (χ2n) is 3.86. The summed E-state index contributed by atoms with van der Waals surface area (Å²) in [6.07, 6.45) is 0.222. The van der Waals surface area contributed by atoms with Gasteiger partial charge in [0.1, 0.15) is 5.01 Å². The van der Waals surface area contributed by atoms with Gasteiger partial charge in [-0.05, 0) is 24.6 Å². The third-order valence-corrected chi connectivity index (χ3v) is 3.95. The molecule has 0 aliphatic rings. The lowest BCUT2D eigenvalue weighted by atomic mass is 10.1. The highest BCUT2D eigenvalue weighted by molar-refractivity contribution is 9.10. The van der Waals surface area contributed by atoms with Crippen LogP contribution in [-0.2, 0) is 16.0 Å². The molecule has 0 radical (unpaired) electrons. The Morgan fingerprint density at radius 2 is 2.28 bits per heavy atom. The topological polar surface area (TPSA) is 39.2 Å². The van der Waals surface area contributed by atoms with Gasteiger partial charge in [0, 0.05) is 15.4 Å². The predicted molar refractivity (Wildman–Crippen MR) is 75.7 cm³/mol. The Balaban J connectivity index is 2.29. The minimum atomic E-state index is -0.266. The summed E-state index contributed by atoms with van der Waals surface area (Å²) in [7, 11) is 1.38. The normalized spacial score (nSPS) is 10.4. The number of aromatic nitrogens is 1. The van der Waals surface area contributed by atoms with Crippen LogP contribution in [0.25, 0.3) is 10.6 Å². The van der Waals surface area contributed by atoms with E-state index < -0.39 is 0 Å². The third-order valence-electron chi connectivity index (χ3n) is 2.53. The average Bonchev–Trinajstić information content (AvgIpc) is 2.80. The third kappa shape index (κ3) is 2.97. The van der Waals surface area contributed by atoms with E-state index in [9.17, 15) is 4.79 Å². The fourth-order valence-corrected chi connectivity index (χ4v) is 2.82. The van der Waals surface area contributed by atoms with Crippen molar-refractivity contribution in [3.63, 3.8) is 0 Å². The molecule has 1 aromatic heterocycles. The van der Waals surface area contributed by atoms with Crippen LogP contribution in [0.2, 0.25) is 0 Å². The molecule has 0 aliphatic heterocycles. The molecule has 1 aromatic carbocycles. The van der Waals surface area contributed by atoms with Crippen LogP contribution >= 0.6 is 27.3 Å². The van der Waals surface area contributed by atoms with Crippen molar-refractivity contribution in [1.82, 2.24) is 4.98 Å². The number of halogens is 1. The lowest BCUT2D eigenvalue weighted by molar-refractivity contribution is -0.139. The van der Waals surface area contributed by atoms with Gasteiger partial charge in [-0.2, -0.15) is 0 Å². The highest BCUT2D eigenvalue weighted by Gasteiger charge is 2.10. The lowest BCUT2D eigenvalue weighted by Gasteiger charge is -2.02. The summed E-state index contributed by atoms with van der Waals surface area (Å²) in [4.78, 5) is 15.7. The molecule has 3 nitrogen and oxygen atoms in total. The van der Waals surface area contributed by atoms with Crippen molar-refractivity contribution in [2.24, 2.45) is 0 Å². The van der Waals surface area contributed by atoms with Gasteiger partial charge >= 0.3 is 5.97 Å². The molecule has 1 heterocycles. The van der Waals surface area contributed by atoms with Gasteiger partial charge in [-0.15, -0.1) is 11.3 Å². The molecule has 5 heteroatoms. The summed E-state index contributed by atoms with van der Waals surface area (Å²) in [5, 5.41) is 2.82. The Labute approximate surface area is 118 Å². The van der Waals surface area contributed by atoms with Gasteiger partial charge in [-0.25, -0.2) is 4.98 Å². The molecular formula is C13H12BrNO2S. The second kappa shape index (κ2) is 5.63. The van der Waals surface area contributed by atoms with Crippen molar-refractivity contribution in [1.29, 1.82) is 0 Å². The number of carbonyl (C=O) groups excluding carboxylic acids is 1. The maximum atomic E-state index is 11.2. The summed E-state index contributed by atoms with van der Waals surface area (Å²) in [5.41, 5.74) is 3.00.